The van der Waals surface area contributed by atoms with Gasteiger partial charge in [0.25, 0.3) is 0 Å². The van der Waals surface area contributed by atoms with Crippen molar-refractivity contribution in [1.82, 2.24) is 14.8 Å². The largest absolute Gasteiger partial charge is 0.316 e. The van der Waals surface area contributed by atoms with Crippen LogP contribution in [0.15, 0.2) is 23.2 Å². The maximum Gasteiger partial charge on any atom is 0.235 e. The van der Waals surface area contributed by atoms with Crippen LogP contribution < -0.4 is 5.32 Å². The smallest absolute Gasteiger partial charge is 0.235 e. The van der Waals surface area contributed by atoms with E-state index in [1.807, 2.05) is 17.4 Å². The van der Waals surface area contributed by atoms with Crippen LogP contribution in [0.2, 0.25) is 0 Å². The lowest BCUT2D eigenvalue weighted by Crippen LogP contribution is -2.28. The number of carbonyl (C=O) groups excluding carboxylic acids is 1. The number of carbonyl (C=O) groups is 1. The monoisotopic (exact) mass is 565 g/mol. The van der Waals surface area contributed by atoms with Crippen LogP contribution >= 0.6 is 34.4 Å². The number of fused-ring (bicyclic) bond motifs is 2. The summed E-state index contributed by atoms with van der Waals surface area (Å²) in [6, 6.07) is 2.37. The Morgan fingerprint density at radius 3 is 2.87 bits per heavy atom. The molecule has 1 unspecified atom stereocenters. The Hall–Kier alpha value is -2.41. The van der Waals surface area contributed by atoms with E-state index < -0.39 is 0 Å². The maximum absolute atomic E-state index is 13.0. The van der Waals surface area contributed by atoms with Crippen LogP contribution in [0.4, 0.5) is 5.00 Å². The molecule has 38 heavy (non-hydrogen) atoms. The van der Waals surface area contributed by atoms with Gasteiger partial charge in [-0.25, -0.2) is 0 Å². The van der Waals surface area contributed by atoms with Gasteiger partial charge in [-0.2, -0.15) is 5.26 Å². The lowest BCUT2D eigenvalue weighted by molar-refractivity contribution is -0.113. The average molecular weight is 566 g/mol. The Morgan fingerprint density at radius 2 is 2.11 bits per heavy atom. The fourth-order valence-corrected chi connectivity index (χ4v) is 8.78. The van der Waals surface area contributed by atoms with E-state index in [0.717, 1.165) is 49.9 Å². The van der Waals surface area contributed by atoms with Crippen molar-refractivity contribution in [2.45, 2.75) is 83.8 Å². The number of aryl methyl sites for hydroxylation is 1. The van der Waals surface area contributed by atoms with Crippen molar-refractivity contribution in [1.29, 1.82) is 5.26 Å². The first kappa shape index (κ1) is 27.2. The number of anilines is 1. The third-order valence-corrected chi connectivity index (χ3v) is 11.5. The summed E-state index contributed by atoms with van der Waals surface area (Å²) in [6.07, 6.45) is 10.7. The molecule has 3 heterocycles. The number of amides is 1. The van der Waals surface area contributed by atoms with Gasteiger partial charge in [0, 0.05) is 27.2 Å². The number of rotatable bonds is 9. The summed E-state index contributed by atoms with van der Waals surface area (Å²) < 4.78 is 2.06. The third kappa shape index (κ3) is 5.23. The fraction of sp³-hybridized carbons (Fsp3) is 0.517. The summed E-state index contributed by atoms with van der Waals surface area (Å²) in [6.45, 7) is 11.4. The number of nitriles is 1. The van der Waals surface area contributed by atoms with E-state index in [4.69, 9.17) is 0 Å². The van der Waals surface area contributed by atoms with Crippen LogP contribution in [0.1, 0.15) is 72.9 Å². The number of hydrogen-bond acceptors (Lipinski definition) is 7. The van der Waals surface area contributed by atoms with Crippen LogP contribution in [-0.2, 0) is 37.0 Å². The molecule has 9 heteroatoms. The van der Waals surface area contributed by atoms with Crippen molar-refractivity contribution < 1.29 is 4.79 Å². The van der Waals surface area contributed by atoms with Crippen LogP contribution in [-0.4, -0.2) is 26.4 Å². The Labute approximate surface area is 237 Å². The molecule has 1 atom stereocenters. The van der Waals surface area contributed by atoms with Gasteiger partial charge in [0.15, 0.2) is 11.0 Å². The van der Waals surface area contributed by atoms with E-state index in [9.17, 15) is 10.1 Å². The summed E-state index contributed by atoms with van der Waals surface area (Å²) in [5.74, 6) is 1.53. The molecular formula is C29H35N5OS3. The van der Waals surface area contributed by atoms with Crippen molar-refractivity contribution in [3.63, 3.8) is 0 Å². The zero-order valence-corrected chi connectivity index (χ0v) is 24.9. The summed E-state index contributed by atoms with van der Waals surface area (Å²) >= 11 is 4.78. The molecule has 5 rings (SSSR count). The van der Waals surface area contributed by atoms with E-state index >= 15 is 0 Å². The predicted molar refractivity (Wildman–Crippen MR) is 158 cm³/mol. The molecule has 0 aromatic carbocycles. The second-order valence-corrected chi connectivity index (χ2v) is 13.9. The highest BCUT2D eigenvalue weighted by atomic mass is 32.2. The standard InChI is InChI=1S/C29H35N5OS3/c1-5-13-34-26(22-16-36-23-10-8-7-9-19(22)23)32-33-28(34)37-17-25(35)31-27-21(15-30)20-12-11-18(14-24(20)38-27)29(3,4)6-2/h5,16,18H,1,6-14,17H2,2-4H3,(H,31,35). The van der Waals surface area contributed by atoms with Crippen LogP contribution in [0.5, 0.6) is 0 Å². The first-order valence-corrected chi connectivity index (χ1v) is 16.1. The molecule has 200 valence electrons. The number of nitrogens with zero attached hydrogens (tertiary/aromatic N) is 4. The van der Waals surface area contributed by atoms with E-state index in [-0.39, 0.29) is 17.1 Å². The van der Waals surface area contributed by atoms with Gasteiger partial charge in [-0.05, 0) is 67.4 Å². The van der Waals surface area contributed by atoms with Gasteiger partial charge in [-0.15, -0.1) is 39.4 Å². The predicted octanol–water partition coefficient (Wildman–Crippen LogP) is 7.28. The first-order valence-electron chi connectivity index (χ1n) is 13.5. The van der Waals surface area contributed by atoms with E-state index in [0.29, 0.717) is 28.2 Å². The van der Waals surface area contributed by atoms with Gasteiger partial charge in [0.2, 0.25) is 5.91 Å². The Balaban J connectivity index is 1.29. The van der Waals surface area contributed by atoms with E-state index in [1.165, 1.54) is 45.5 Å². The average Bonchev–Trinajstić information content (AvgIpc) is 3.61. The molecule has 6 nitrogen and oxygen atoms in total. The molecular weight excluding hydrogens is 531 g/mol. The molecule has 0 saturated heterocycles. The van der Waals surface area contributed by atoms with Crippen molar-refractivity contribution in [3.05, 3.63) is 44.5 Å². The van der Waals surface area contributed by atoms with Gasteiger partial charge in [-0.3, -0.25) is 9.36 Å². The third-order valence-electron chi connectivity index (χ3n) is 8.31. The van der Waals surface area contributed by atoms with Crippen molar-refractivity contribution in [2.75, 3.05) is 11.1 Å². The quantitative estimate of drug-likeness (QED) is 0.218. The number of thiophene rings is 2. The summed E-state index contributed by atoms with van der Waals surface area (Å²) in [5, 5.41) is 25.5. The van der Waals surface area contributed by atoms with Crippen LogP contribution in [0.3, 0.4) is 0 Å². The molecule has 1 N–H and O–H groups in total. The maximum atomic E-state index is 13.0. The van der Waals surface area contributed by atoms with Crippen LogP contribution in [0.25, 0.3) is 11.4 Å². The number of aromatic nitrogens is 3. The lowest BCUT2D eigenvalue weighted by atomic mass is 9.69. The molecule has 3 aromatic rings. The molecule has 0 bridgehead atoms. The van der Waals surface area contributed by atoms with E-state index in [1.54, 1.807) is 11.3 Å². The molecule has 2 aliphatic rings. The second-order valence-electron chi connectivity index (χ2n) is 10.9. The zero-order chi connectivity index (χ0) is 26.9. The molecule has 2 aliphatic carbocycles. The van der Waals surface area contributed by atoms with Gasteiger partial charge < -0.3 is 5.32 Å². The highest BCUT2D eigenvalue weighted by Gasteiger charge is 2.34. The Bertz CT molecular complexity index is 1390. The normalized spacial score (nSPS) is 16.9. The number of nitrogens with one attached hydrogen (secondary N) is 1. The molecule has 1 amide bonds. The Morgan fingerprint density at radius 1 is 1.29 bits per heavy atom. The first-order chi connectivity index (χ1) is 18.4. The Kier molecular flexibility index (Phi) is 8.13. The van der Waals surface area contributed by atoms with Crippen LogP contribution in [0, 0.1) is 22.7 Å². The molecule has 3 aromatic heterocycles. The minimum Gasteiger partial charge on any atom is -0.316 e. The number of thioether (sulfide) groups is 1. The van der Waals surface area contributed by atoms with Crippen molar-refractivity contribution >= 4 is 45.3 Å². The number of allylic oxidation sites excluding steroid dienone is 1. The van der Waals surface area contributed by atoms with Gasteiger partial charge in [-0.1, -0.05) is 45.0 Å². The number of hydrogen-bond donors (Lipinski definition) is 1. The van der Waals surface area contributed by atoms with Crippen molar-refractivity contribution in [2.24, 2.45) is 11.3 Å². The summed E-state index contributed by atoms with van der Waals surface area (Å²) in [5.41, 5.74) is 4.64. The molecule has 0 radical (unpaired) electrons. The second kappa shape index (κ2) is 11.4. The van der Waals surface area contributed by atoms with Crippen molar-refractivity contribution in [3.8, 4) is 17.5 Å². The molecule has 0 spiro atoms. The van der Waals surface area contributed by atoms with E-state index in [2.05, 4.69) is 58.9 Å². The highest BCUT2D eigenvalue weighted by molar-refractivity contribution is 7.99. The summed E-state index contributed by atoms with van der Waals surface area (Å²) in [4.78, 5) is 15.7. The van der Waals surface area contributed by atoms with Gasteiger partial charge in [0.05, 0.1) is 11.3 Å². The minimum absolute atomic E-state index is 0.127. The lowest BCUT2D eigenvalue weighted by Gasteiger charge is -2.36. The SMILES string of the molecule is C=CCn1c(SCC(=O)Nc2sc3c(c2C#N)CCC(C(C)(C)CC)C3)nnc1-c1csc2c1CCCC2. The van der Waals surface area contributed by atoms with Gasteiger partial charge in [0.1, 0.15) is 11.1 Å². The van der Waals surface area contributed by atoms with Gasteiger partial charge >= 0.3 is 0 Å². The highest BCUT2D eigenvalue weighted by Crippen LogP contribution is 2.45. The molecule has 0 fully saturated rings. The fourth-order valence-electron chi connectivity index (χ4n) is 5.61. The summed E-state index contributed by atoms with van der Waals surface area (Å²) in [7, 11) is 0. The molecule has 0 aliphatic heterocycles. The topological polar surface area (TPSA) is 83.6 Å². The zero-order valence-electron chi connectivity index (χ0n) is 22.4. The minimum atomic E-state index is -0.127. The molecule has 0 saturated carbocycles.